The lowest BCUT2D eigenvalue weighted by Crippen LogP contribution is -2.43. The van der Waals surface area contributed by atoms with Crippen molar-refractivity contribution in [3.05, 3.63) is 35.9 Å². The van der Waals surface area contributed by atoms with Gasteiger partial charge in [0, 0.05) is 6.08 Å². The van der Waals surface area contributed by atoms with E-state index in [4.69, 9.17) is 9.94 Å². The van der Waals surface area contributed by atoms with Crippen molar-refractivity contribution >= 4 is 28.0 Å². The SMILES string of the molecule is CC(C)C[C@H](NS(=O)(=O)c1cccc(/C=C/C(=O)NO)c1)C(=O)OC1CCCC1. The number of benzene rings is 1. The molecule has 0 bridgehead atoms. The Labute approximate surface area is 171 Å². The molecule has 1 aromatic carbocycles. The molecule has 29 heavy (non-hydrogen) atoms. The molecule has 0 unspecified atom stereocenters. The summed E-state index contributed by atoms with van der Waals surface area (Å²) in [5, 5.41) is 8.52. The van der Waals surface area contributed by atoms with Crippen LogP contribution in [0.1, 0.15) is 51.5 Å². The zero-order valence-corrected chi connectivity index (χ0v) is 17.4. The topological polar surface area (TPSA) is 122 Å². The van der Waals surface area contributed by atoms with Gasteiger partial charge in [-0.15, -0.1) is 0 Å². The van der Waals surface area contributed by atoms with Crippen LogP contribution in [0.2, 0.25) is 0 Å². The van der Waals surface area contributed by atoms with Crippen LogP contribution < -0.4 is 10.2 Å². The zero-order chi connectivity index (χ0) is 21.4. The van der Waals surface area contributed by atoms with Crippen molar-refractivity contribution in [1.29, 1.82) is 0 Å². The first-order chi connectivity index (χ1) is 13.7. The summed E-state index contributed by atoms with van der Waals surface area (Å²) < 4.78 is 33.7. The second-order valence-corrected chi connectivity index (χ2v) is 9.24. The Balaban J connectivity index is 2.17. The molecule has 8 nitrogen and oxygen atoms in total. The lowest BCUT2D eigenvalue weighted by atomic mass is 10.0. The first-order valence-electron chi connectivity index (χ1n) is 9.66. The van der Waals surface area contributed by atoms with Crippen molar-refractivity contribution in [2.24, 2.45) is 5.92 Å². The van der Waals surface area contributed by atoms with Crippen molar-refractivity contribution in [3.8, 4) is 0 Å². The molecule has 0 heterocycles. The highest BCUT2D eigenvalue weighted by atomic mass is 32.2. The normalized spacial score (nSPS) is 16.3. The summed E-state index contributed by atoms with van der Waals surface area (Å²) in [5.74, 6) is -1.20. The molecule has 1 amide bonds. The number of amides is 1. The highest BCUT2D eigenvalue weighted by molar-refractivity contribution is 7.89. The summed E-state index contributed by atoms with van der Waals surface area (Å²) in [6, 6.07) is 4.94. The van der Waals surface area contributed by atoms with Gasteiger partial charge in [0.15, 0.2) is 0 Å². The van der Waals surface area contributed by atoms with E-state index in [1.807, 2.05) is 13.8 Å². The van der Waals surface area contributed by atoms with Gasteiger partial charge in [-0.25, -0.2) is 13.9 Å². The van der Waals surface area contributed by atoms with Gasteiger partial charge in [-0.2, -0.15) is 4.72 Å². The standard InChI is InChI=1S/C20H28N2O6S/c1-14(2)12-18(20(24)28-16-7-3-4-8-16)22-29(26,27)17-9-5-6-15(13-17)10-11-19(23)21-25/h5-6,9-11,13-14,16,18,22,25H,3-4,7-8,12H2,1-2H3,(H,21,23)/b11-10+/t18-/m0/s1. The molecule has 160 valence electrons. The number of hydroxylamine groups is 1. The Morgan fingerprint density at radius 3 is 2.59 bits per heavy atom. The Kier molecular flexibility index (Phi) is 8.36. The lowest BCUT2D eigenvalue weighted by Gasteiger charge is -2.21. The van der Waals surface area contributed by atoms with Crippen molar-refractivity contribution < 1.29 is 28.0 Å². The maximum Gasteiger partial charge on any atom is 0.324 e. The number of esters is 1. The van der Waals surface area contributed by atoms with Gasteiger partial charge in [0.05, 0.1) is 4.90 Å². The van der Waals surface area contributed by atoms with Crippen LogP contribution in [0.3, 0.4) is 0 Å². The smallest absolute Gasteiger partial charge is 0.324 e. The fourth-order valence-corrected chi connectivity index (χ4v) is 4.42. The Morgan fingerprint density at radius 2 is 1.97 bits per heavy atom. The molecule has 1 aliphatic rings. The van der Waals surface area contributed by atoms with Gasteiger partial charge < -0.3 is 4.74 Å². The van der Waals surface area contributed by atoms with E-state index in [-0.39, 0.29) is 16.9 Å². The predicted octanol–water partition coefficient (Wildman–Crippen LogP) is 2.38. The van der Waals surface area contributed by atoms with E-state index in [1.165, 1.54) is 29.8 Å². The molecule has 0 aromatic heterocycles. The molecule has 0 spiro atoms. The summed E-state index contributed by atoms with van der Waals surface area (Å²) in [6.45, 7) is 3.81. The van der Waals surface area contributed by atoms with Gasteiger partial charge in [0.2, 0.25) is 10.0 Å². The van der Waals surface area contributed by atoms with Crippen molar-refractivity contribution in [2.45, 2.75) is 63.0 Å². The lowest BCUT2D eigenvalue weighted by molar-refractivity contribution is -0.151. The molecule has 1 atom stereocenters. The minimum atomic E-state index is -3.99. The number of hydrogen-bond donors (Lipinski definition) is 3. The van der Waals surface area contributed by atoms with Gasteiger partial charge in [-0.05, 0) is 61.8 Å². The molecule has 1 fully saturated rings. The van der Waals surface area contributed by atoms with Crippen LogP contribution in [0.15, 0.2) is 35.2 Å². The summed E-state index contributed by atoms with van der Waals surface area (Å²) in [6.07, 6.45) is 6.24. The minimum Gasteiger partial charge on any atom is -0.461 e. The summed E-state index contributed by atoms with van der Waals surface area (Å²) >= 11 is 0. The van der Waals surface area contributed by atoms with E-state index in [0.29, 0.717) is 12.0 Å². The first-order valence-corrected chi connectivity index (χ1v) is 11.1. The molecule has 2 rings (SSSR count). The fourth-order valence-electron chi connectivity index (χ4n) is 3.17. The molecule has 0 radical (unpaired) electrons. The van der Waals surface area contributed by atoms with Crippen LogP contribution in [0.25, 0.3) is 6.08 Å². The Bertz CT molecular complexity index is 844. The number of ether oxygens (including phenoxy) is 1. The summed E-state index contributed by atoms with van der Waals surface area (Å²) in [7, 11) is -3.99. The van der Waals surface area contributed by atoms with Crippen LogP contribution in [0.5, 0.6) is 0 Å². The Hall–Kier alpha value is -2.23. The van der Waals surface area contributed by atoms with Crippen LogP contribution in [-0.4, -0.2) is 37.6 Å². The average molecular weight is 425 g/mol. The third kappa shape index (κ3) is 7.26. The molecule has 0 saturated heterocycles. The number of rotatable bonds is 9. The largest absolute Gasteiger partial charge is 0.461 e. The average Bonchev–Trinajstić information content (AvgIpc) is 3.18. The van der Waals surface area contributed by atoms with Crippen molar-refractivity contribution in [1.82, 2.24) is 10.2 Å². The summed E-state index contributed by atoms with van der Waals surface area (Å²) in [4.78, 5) is 23.7. The third-order valence-electron chi connectivity index (χ3n) is 4.58. The highest BCUT2D eigenvalue weighted by Gasteiger charge is 2.30. The molecule has 0 aliphatic heterocycles. The van der Waals surface area contributed by atoms with Gasteiger partial charge in [-0.1, -0.05) is 26.0 Å². The minimum absolute atomic E-state index is 0.0357. The monoisotopic (exact) mass is 424 g/mol. The molecular formula is C20H28N2O6S. The van der Waals surface area contributed by atoms with Crippen LogP contribution >= 0.6 is 0 Å². The van der Waals surface area contributed by atoms with Crippen molar-refractivity contribution in [2.75, 3.05) is 0 Å². The summed E-state index contributed by atoms with van der Waals surface area (Å²) in [5.41, 5.74) is 1.91. The van der Waals surface area contributed by atoms with E-state index in [9.17, 15) is 18.0 Å². The van der Waals surface area contributed by atoms with E-state index in [1.54, 1.807) is 6.07 Å². The van der Waals surface area contributed by atoms with Crippen LogP contribution in [0, 0.1) is 5.92 Å². The van der Waals surface area contributed by atoms with Gasteiger partial charge in [0.25, 0.3) is 5.91 Å². The third-order valence-corrected chi connectivity index (χ3v) is 6.05. The van der Waals surface area contributed by atoms with E-state index < -0.39 is 27.9 Å². The highest BCUT2D eigenvalue weighted by Crippen LogP contribution is 2.22. The van der Waals surface area contributed by atoms with E-state index in [0.717, 1.165) is 31.8 Å². The maximum atomic E-state index is 12.9. The van der Waals surface area contributed by atoms with Crippen LogP contribution in [0.4, 0.5) is 0 Å². The van der Waals surface area contributed by atoms with E-state index in [2.05, 4.69) is 4.72 Å². The number of nitrogens with one attached hydrogen (secondary N) is 2. The molecule has 1 aromatic rings. The molecule has 9 heteroatoms. The quantitative estimate of drug-likeness (QED) is 0.242. The van der Waals surface area contributed by atoms with Gasteiger partial charge in [-0.3, -0.25) is 14.8 Å². The fraction of sp³-hybridized carbons (Fsp3) is 0.500. The molecule has 1 aliphatic carbocycles. The van der Waals surface area contributed by atoms with Gasteiger partial charge >= 0.3 is 5.97 Å². The number of sulfonamides is 1. The number of carbonyl (C=O) groups excluding carboxylic acids is 2. The second kappa shape index (κ2) is 10.5. The van der Waals surface area contributed by atoms with Crippen molar-refractivity contribution in [3.63, 3.8) is 0 Å². The molecular weight excluding hydrogens is 396 g/mol. The van der Waals surface area contributed by atoms with E-state index >= 15 is 0 Å². The molecule has 1 saturated carbocycles. The molecule has 3 N–H and O–H groups in total. The van der Waals surface area contributed by atoms with Crippen LogP contribution in [-0.2, 0) is 24.3 Å². The zero-order valence-electron chi connectivity index (χ0n) is 16.6. The second-order valence-electron chi connectivity index (χ2n) is 7.53. The first kappa shape index (κ1) is 23.1. The van der Waals surface area contributed by atoms with Gasteiger partial charge in [0.1, 0.15) is 12.1 Å². The predicted molar refractivity (Wildman–Crippen MR) is 107 cm³/mol. The number of hydrogen-bond acceptors (Lipinski definition) is 6. The Morgan fingerprint density at radius 1 is 1.28 bits per heavy atom. The maximum absolute atomic E-state index is 12.9. The number of carbonyl (C=O) groups is 2.